The van der Waals surface area contributed by atoms with E-state index >= 15 is 0 Å². The van der Waals surface area contributed by atoms with E-state index in [0.29, 0.717) is 0 Å². The van der Waals surface area contributed by atoms with Crippen LogP contribution in [-0.4, -0.2) is 4.57 Å². The summed E-state index contributed by atoms with van der Waals surface area (Å²) in [5, 5.41) is 4.77. The predicted octanol–water partition coefficient (Wildman–Crippen LogP) is 15.2. The predicted molar refractivity (Wildman–Crippen MR) is 239 cm³/mol. The van der Waals surface area contributed by atoms with Gasteiger partial charge in [0.25, 0.3) is 0 Å². The van der Waals surface area contributed by atoms with E-state index < -0.39 is 0 Å². The lowest BCUT2D eigenvalue weighted by Crippen LogP contribution is -2.11. The van der Waals surface area contributed by atoms with E-state index in [1.54, 1.807) is 0 Å². The number of benzene rings is 9. The highest BCUT2D eigenvalue weighted by Gasteiger charge is 2.20. The number of aromatic nitrogens is 1. The number of furan rings is 1. The lowest BCUT2D eigenvalue weighted by molar-refractivity contribution is 0.670. The molecule has 268 valence electrons. The zero-order valence-corrected chi connectivity index (χ0v) is 31.1. The van der Waals surface area contributed by atoms with E-state index in [-0.39, 0.29) is 0 Å². The van der Waals surface area contributed by atoms with Gasteiger partial charge in [0.15, 0.2) is 0 Å². The van der Waals surface area contributed by atoms with Crippen molar-refractivity contribution in [2.45, 2.75) is 0 Å². The molecule has 0 atom stereocenters. The molecule has 0 saturated heterocycles. The van der Waals surface area contributed by atoms with Gasteiger partial charge in [-0.25, -0.2) is 0 Å². The molecule has 0 unspecified atom stereocenters. The van der Waals surface area contributed by atoms with Crippen LogP contribution in [-0.2, 0) is 0 Å². The topological polar surface area (TPSA) is 21.3 Å². The maximum Gasteiger partial charge on any atom is 0.143 e. The van der Waals surface area contributed by atoms with Crippen LogP contribution in [0, 0.1) is 0 Å². The molecule has 0 radical (unpaired) electrons. The first-order chi connectivity index (χ1) is 28.3. The van der Waals surface area contributed by atoms with Crippen LogP contribution >= 0.6 is 0 Å². The van der Waals surface area contributed by atoms with Crippen LogP contribution in [0.15, 0.2) is 223 Å². The normalized spacial score (nSPS) is 11.5. The third-order valence-corrected chi connectivity index (χ3v) is 11.2. The fraction of sp³-hybridized carbons (Fsp3) is 0. The summed E-state index contributed by atoms with van der Waals surface area (Å²) < 4.78 is 8.93. The van der Waals surface area contributed by atoms with Crippen molar-refractivity contribution in [3.63, 3.8) is 0 Å². The molecule has 3 heteroatoms. The van der Waals surface area contributed by atoms with Crippen molar-refractivity contribution in [1.29, 1.82) is 0 Å². The highest BCUT2D eigenvalue weighted by molar-refractivity contribution is 6.11. The molecule has 0 spiro atoms. The minimum absolute atomic E-state index is 0.897. The minimum atomic E-state index is 0.897. The lowest BCUT2D eigenvalue weighted by atomic mass is 9.98. The Bertz CT molecular complexity index is 3170. The molecular weight excluding hydrogens is 693 g/mol. The molecule has 11 aromatic rings. The van der Waals surface area contributed by atoms with Crippen molar-refractivity contribution in [1.82, 2.24) is 4.57 Å². The lowest BCUT2D eigenvalue weighted by Gasteiger charge is -2.28. The van der Waals surface area contributed by atoms with Crippen molar-refractivity contribution in [2.75, 3.05) is 4.90 Å². The molecular formula is C54H36N2O. The summed E-state index contributed by atoms with van der Waals surface area (Å²) in [5.41, 5.74) is 15.5. The number of rotatable bonds is 7. The second-order valence-corrected chi connectivity index (χ2v) is 14.5. The molecule has 0 aliphatic rings. The quantitative estimate of drug-likeness (QED) is 0.163. The van der Waals surface area contributed by atoms with Crippen LogP contribution in [0.3, 0.4) is 0 Å². The number of hydrogen-bond acceptors (Lipinski definition) is 2. The van der Waals surface area contributed by atoms with E-state index in [9.17, 15) is 0 Å². The maximum atomic E-state index is 6.53. The molecule has 0 fully saturated rings. The Morgan fingerprint density at radius 1 is 0.333 bits per heavy atom. The smallest absolute Gasteiger partial charge is 0.143 e. The zero-order valence-electron chi connectivity index (χ0n) is 31.1. The maximum absolute atomic E-state index is 6.53. The second-order valence-electron chi connectivity index (χ2n) is 14.5. The van der Waals surface area contributed by atoms with Gasteiger partial charge >= 0.3 is 0 Å². The Kier molecular flexibility index (Phi) is 7.82. The summed E-state index contributed by atoms with van der Waals surface area (Å²) in [7, 11) is 0. The van der Waals surface area contributed by atoms with Crippen LogP contribution < -0.4 is 4.90 Å². The SMILES string of the molecule is c1ccc(N(c2ccc(-c3ccc(-c4ccccc4-n4c5ccccc5c5ccccc54)cc3)cc2)c2ccccc2-c2cccc3c2oc2ccccc23)cc1. The van der Waals surface area contributed by atoms with E-state index in [1.807, 2.05) is 12.1 Å². The average molecular weight is 729 g/mol. The van der Waals surface area contributed by atoms with Gasteiger partial charge < -0.3 is 13.9 Å². The van der Waals surface area contributed by atoms with Crippen LogP contribution in [0.2, 0.25) is 0 Å². The number of nitrogens with zero attached hydrogens (tertiary/aromatic N) is 2. The fourth-order valence-electron chi connectivity index (χ4n) is 8.60. The van der Waals surface area contributed by atoms with E-state index in [1.165, 1.54) is 44.2 Å². The van der Waals surface area contributed by atoms with Crippen molar-refractivity contribution < 1.29 is 4.42 Å². The summed E-state index contributed by atoms with van der Waals surface area (Å²) in [6.45, 7) is 0. The number of hydrogen-bond donors (Lipinski definition) is 0. The molecule has 3 nitrogen and oxygen atoms in total. The van der Waals surface area contributed by atoms with Gasteiger partial charge in [0, 0.05) is 49.6 Å². The van der Waals surface area contributed by atoms with Crippen molar-refractivity contribution in [2.24, 2.45) is 0 Å². The molecule has 2 heterocycles. The molecule has 11 rings (SSSR count). The molecule has 2 aromatic heterocycles. The van der Waals surface area contributed by atoms with Crippen LogP contribution in [0.5, 0.6) is 0 Å². The zero-order chi connectivity index (χ0) is 37.7. The highest BCUT2D eigenvalue weighted by atomic mass is 16.3. The minimum Gasteiger partial charge on any atom is -0.455 e. The Morgan fingerprint density at radius 3 is 1.58 bits per heavy atom. The molecule has 0 aliphatic heterocycles. The highest BCUT2D eigenvalue weighted by Crippen LogP contribution is 2.44. The first-order valence-corrected chi connectivity index (χ1v) is 19.4. The molecule has 0 saturated carbocycles. The van der Waals surface area contributed by atoms with Gasteiger partial charge in [0.2, 0.25) is 0 Å². The third kappa shape index (κ3) is 5.51. The monoisotopic (exact) mass is 728 g/mol. The van der Waals surface area contributed by atoms with Gasteiger partial charge in [0.05, 0.1) is 22.4 Å². The molecule has 9 aromatic carbocycles. The van der Waals surface area contributed by atoms with Gasteiger partial charge in [-0.3, -0.25) is 0 Å². The third-order valence-electron chi connectivity index (χ3n) is 11.2. The van der Waals surface area contributed by atoms with Gasteiger partial charge in [-0.05, 0) is 71.3 Å². The summed E-state index contributed by atoms with van der Waals surface area (Å²) in [6.07, 6.45) is 0. The van der Waals surface area contributed by atoms with Crippen molar-refractivity contribution in [3.8, 4) is 39.1 Å². The van der Waals surface area contributed by atoms with Crippen LogP contribution in [0.1, 0.15) is 0 Å². The molecule has 0 N–H and O–H groups in total. The van der Waals surface area contributed by atoms with Crippen LogP contribution in [0.4, 0.5) is 17.1 Å². The molecule has 0 bridgehead atoms. The number of para-hydroxylation sites is 7. The molecule has 0 amide bonds. The van der Waals surface area contributed by atoms with Gasteiger partial charge in [-0.2, -0.15) is 0 Å². The Morgan fingerprint density at radius 2 is 0.842 bits per heavy atom. The summed E-state index contributed by atoms with van der Waals surface area (Å²) in [4.78, 5) is 2.34. The number of fused-ring (bicyclic) bond motifs is 6. The van der Waals surface area contributed by atoms with Gasteiger partial charge in [-0.15, -0.1) is 0 Å². The largest absolute Gasteiger partial charge is 0.455 e. The van der Waals surface area contributed by atoms with E-state index in [0.717, 1.165) is 55.7 Å². The average Bonchev–Trinajstić information content (AvgIpc) is 3.84. The second kappa shape index (κ2) is 13.6. The molecule has 0 aliphatic carbocycles. The molecule has 57 heavy (non-hydrogen) atoms. The first kappa shape index (κ1) is 32.8. The number of anilines is 3. The van der Waals surface area contributed by atoms with Crippen molar-refractivity contribution in [3.05, 3.63) is 218 Å². The Hall–Kier alpha value is -7.62. The van der Waals surface area contributed by atoms with Crippen molar-refractivity contribution >= 4 is 60.8 Å². The van der Waals surface area contributed by atoms with Gasteiger partial charge in [0.1, 0.15) is 11.2 Å². The summed E-state index contributed by atoms with van der Waals surface area (Å²) in [6, 6.07) is 78.0. The first-order valence-electron chi connectivity index (χ1n) is 19.4. The van der Waals surface area contributed by atoms with E-state index in [4.69, 9.17) is 4.42 Å². The fourth-order valence-corrected chi connectivity index (χ4v) is 8.60. The summed E-state index contributed by atoms with van der Waals surface area (Å²) >= 11 is 0. The standard InChI is InChI=1S/C54H36N2O/c1-2-15-40(16-3-1)55(50-25-10-7-20-45(50)47-22-14-23-48-46-21-8-13-28-53(46)57-54(47)48)41-35-33-38(34-36-41)37-29-31-39(32-30-37)42-17-4-9-24-49(42)56-51-26-11-5-18-43(51)44-19-6-12-27-52(44)56/h1-36H. The van der Waals surface area contributed by atoms with E-state index in [2.05, 4.69) is 216 Å². The van der Waals surface area contributed by atoms with Gasteiger partial charge in [-0.1, -0.05) is 164 Å². The summed E-state index contributed by atoms with van der Waals surface area (Å²) in [5.74, 6) is 0. The Labute approximate surface area is 330 Å². The van der Waals surface area contributed by atoms with Crippen LogP contribution in [0.25, 0.3) is 82.8 Å². The Balaban J connectivity index is 0.964.